The second-order valence-corrected chi connectivity index (χ2v) is 4.89. The third-order valence-electron chi connectivity index (χ3n) is 2.86. The summed E-state index contributed by atoms with van der Waals surface area (Å²) in [6, 6.07) is 0. The van der Waals surface area contributed by atoms with Gasteiger partial charge in [0.15, 0.2) is 0 Å². The number of nitrogens with two attached hydrogens (primary N) is 1. The molecule has 0 saturated heterocycles. The van der Waals surface area contributed by atoms with Crippen LogP contribution in [0.3, 0.4) is 0 Å². The van der Waals surface area contributed by atoms with Gasteiger partial charge in [0.2, 0.25) is 0 Å². The van der Waals surface area contributed by atoms with E-state index in [-0.39, 0.29) is 5.41 Å². The predicted octanol–water partition coefficient (Wildman–Crippen LogP) is 2.46. The Morgan fingerprint density at radius 1 is 1.13 bits per heavy atom. The second kappa shape index (κ2) is 6.83. The normalized spacial score (nSPS) is 12.1. The number of nitrogens with zero attached hydrogens (tertiary/aromatic N) is 1. The molecule has 15 heavy (non-hydrogen) atoms. The van der Waals surface area contributed by atoms with Gasteiger partial charge in [0.1, 0.15) is 0 Å². The molecule has 0 spiro atoms. The lowest BCUT2D eigenvalue weighted by Crippen LogP contribution is -2.36. The van der Waals surface area contributed by atoms with E-state index in [0.29, 0.717) is 5.84 Å². The third kappa shape index (κ3) is 5.78. The van der Waals surface area contributed by atoms with E-state index >= 15 is 0 Å². The van der Waals surface area contributed by atoms with Crippen molar-refractivity contribution in [2.45, 2.75) is 47.0 Å². The minimum Gasteiger partial charge on any atom is -0.387 e. The first kappa shape index (κ1) is 14.4. The van der Waals surface area contributed by atoms with Crippen molar-refractivity contribution in [3.63, 3.8) is 0 Å². The Morgan fingerprint density at radius 2 is 1.60 bits per heavy atom. The van der Waals surface area contributed by atoms with Crippen molar-refractivity contribution in [3.8, 4) is 0 Å². The van der Waals surface area contributed by atoms with Crippen LogP contribution in [0.15, 0.2) is 0 Å². The summed E-state index contributed by atoms with van der Waals surface area (Å²) in [4.78, 5) is 2.46. The summed E-state index contributed by atoms with van der Waals surface area (Å²) >= 11 is 0. The molecule has 0 heterocycles. The second-order valence-electron chi connectivity index (χ2n) is 4.89. The SMILES string of the molecule is CCCN(CCC)CCC(C)(C)C(=N)N. The monoisotopic (exact) mass is 213 g/mol. The molecular weight excluding hydrogens is 186 g/mol. The fourth-order valence-corrected chi connectivity index (χ4v) is 1.54. The Hall–Kier alpha value is -0.570. The van der Waals surface area contributed by atoms with Gasteiger partial charge in [-0.3, -0.25) is 5.41 Å². The zero-order valence-corrected chi connectivity index (χ0v) is 10.8. The standard InChI is InChI=1S/C12H27N3/c1-5-8-15(9-6-2)10-7-12(3,4)11(13)14/h5-10H2,1-4H3,(H3,13,14). The summed E-state index contributed by atoms with van der Waals surface area (Å²) in [6.07, 6.45) is 3.36. The Morgan fingerprint density at radius 3 is 1.93 bits per heavy atom. The van der Waals surface area contributed by atoms with Crippen LogP contribution < -0.4 is 5.73 Å². The maximum Gasteiger partial charge on any atom is 0.0963 e. The van der Waals surface area contributed by atoms with Gasteiger partial charge in [-0.2, -0.15) is 0 Å². The van der Waals surface area contributed by atoms with E-state index in [1.807, 2.05) is 13.8 Å². The maximum absolute atomic E-state index is 7.50. The largest absolute Gasteiger partial charge is 0.387 e. The first-order valence-electron chi connectivity index (χ1n) is 6.01. The van der Waals surface area contributed by atoms with Crippen molar-refractivity contribution in [2.24, 2.45) is 11.1 Å². The average molecular weight is 213 g/mol. The molecule has 0 rings (SSSR count). The van der Waals surface area contributed by atoms with Crippen molar-refractivity contribution in [1.82, 2.24) is 4.90 Å². The molecule has 0 atom stereocenters. The predicted molar refractivity (Wildman–Crippen MR) is 67.3 cm³/mol. The van der Waals surface area contributed by atoms with Crippen molar-refractivity contribution < 1.29 is 0 Å². The van der Waals surface area contributed by atoms with Gasteiger partial charge in [0.25, 0.3) is 0 Å². The summed E-state index contributed by atoms with van der Waals surface area (Å²) in [5, 5.41) is 7.50. The third-order valence-corrected chi connectivity index (χ3v) is 2.86. The van der Waals surface area contributed by atoms with Gasteiger partial charge in [0.05, 0.1) is 5.84 Å². The summed E-state index contributed by atoms with van der Waals surface area (Å²) in [7, 11) is 0. The smallest absolute Gasteiger partial charge is 0.0963 e. The molecule has 0 bridgehead atoms. The molecule has 90 valence electrons. The van der Waals surface area contributed by atoms with Crippen LogP contribution in [0.1, 0.15) is 47.0 Å². The minimum absolute atomic E-state index is 0.153. The summed E-state index contributed by atoms with van der Waals surface area (Å²) in [6.45, 7) is 11.9. The van der Waals surface area contributed by atoms with Crippen molar-refractivity contribution in [1.29, 1.82) is 5.41 Å². The molecule has 0 aromatic heterocycles. The number of rotatable bonds is 8. The van der Waals surface area contributed by atoms with Gasteiger partial charge < -0.3 is 10.6 Å². The highest BCUT2D eigenvalue weighted by atomic mass is 15.1. The molecule has 0 radical (unpaired) electrons. The molecular formula is C12H27N3. The zero-order chi connectivity index (χ0) is 11.9. The number of hydrogen-bond acceptors (Lipinski definition) is 2. The summed E-state index contributed by atoms with van der Waals surface area (Å²) < 4.78 is 0. The fourth-order valence-electron chi connectivity index (χ4n) is 1.54. The molecule has 0 aromatic carbocycles. The van der Waals surface area contributed by atoms with E-state index in [1.165, 1.54) is 12.8 Å². The van der Waals surface area contributed by atoms with E-state index in [1.54, 1.807) is 0 Å². The van der Waals surface area contributed by atoms with E-state index in [9.17, 15) is 0 Å². The van der Waals surface area contributed by atoms with Crippen molar-refractivity contribution in [2.75, 3.05) is 19.6 Å². The Labute approximate surface area is 94.5 Å². The quantitative estimate of drug-likeness (QED) is 0.481. The van der Waals surface area contributed by atoms with Gasteiger partial charge in [-0.15, -0.1) is 0 Å². The van der Waals surface area contributed by atoms with Crippen LogP contribution in [0.4, 0.5) is 0 Å². The van der Waals surface area contributed by atoms with Gasteiger partial charge in [-0.1, -0.05) is 27.7 Å². The lowest BCUT2D eigenvalue weighted by Gasteiger charge is -2.28. The van der Waals surface area contributed by atoms with Gasteiger partial charge in [-0.05, 0) is 38.9 Å². The molecule has 3 heteroatoms. The molecule has 0 aliphatic heterocycles. The lowest BCUT2D eigenvalue weighted by molar-refractivity contribution is 0.245. The molecule has 0 aliphatic carbocycles. The molecule has 0 saturated carbocycles. The fraction of sp³-hybridized carbons (Fsp3) is 0.917. The van der Waals surface area contributed by atoms with Crippen LogP contribution in [-0.4, -0.2) is 30.4 Å². The Kier molecular flexibility index (Phi) is 6.57. The molecule has 0 aliphatic rings. The van der Waals surface area contributed by atoms with Crippen LogP contribution in [0.5, 0.6) is 0 Å². The first-order valence-corrected chi connectivity index (χ1v) is 6.01. The van der Waals surface area contributed by atoms with E-state index in [4.69, 9.17) is 11.1 Å². The lowest BCUT2D eigenvalue weighted by atomic mass is 9.88. The Bertz CT molecular complexity index is 181. The number of nitrogens with one attached hydrogen (secondary N) is 1. The van der Waals surface area contributed by atoms with Crippen LogP contribution in [0.2, 0.25) is 0 Å². The number of amidine groups is 1. The molecule has 0 unspecified atom stereocenters. The van der Waals surface area contributed by atoms with E-state index < -0.39 is 0 Å². The molecule has 0 aromatic rings. The molecule has 0 fully saturated rings. The molecule has 0 amide bonds. The van der Waals surface area contributed by atoms with Crippen LogP contribution >= 0.6 is 0 Å². The average Bonchev–Trinajstić information content (AvgIpc) is 2.15. The summed E-state index contributed by atoms with van der Waals surface area (Å²) in [5.41, 5.74) is 5.42. The topological polar surface area (TPSA) is 53.1 Å². The maximum atomic E-state index is 7.50. The first-order chi connectivity index (χ1) is 6.94. The van der Waals surface area contributed by atoms with Gasteiger partial charge >= 0.3 is 0 Å². The zero-order valence-electron chi connectivity index (χ0n) is 10.8. The van der Waals surface area contributed by atoms with E-state index in [2.05, 4.69) is 18.7 Å². The summed E-state index contributed by atoms with van der Waals surface area (Å²) in [5.74, 6) is 0.301. The highest BCUT2D eigenvalue weighted by Crippen LogP contribution is 2.20. The Balaban J connectivity index is 4.02. The van der Waals surface area contributed by atoms with Crippen LogP contribution in [0, 0.1) is 10.8 Å². The van der Waals surface area contributed by atoms with Crippen LogP contribution in [0.25, 0.3) is 0 Å². The molecule has 3 nitrogen and oxygen atoms in total. The van der Waals surface area contributed by atoms with Gasteiger partial charge in [-0.25, -0.2) is 0 Å². The highest BCUT2D eigenvalue weighted by Gasteiger charge is 2.22. The number of hydrogen-bond donors (Lipinski definition) is 2. The molecule has 3 N–H and O–H groups in total. The van der Waals surface area contributed by atoms with Crippen molar-refractivity contribution in [3.05, 3.63) is 0 Å². The highest BCUT2D eigenvalue weighted by molar-refractivity contribution is 5.82. The van der Waals surface area contributed by atoms with E-state index in [0.717, 1.165) is 26.1 Å². The van der Waals surface area contributed by atoms with Gasteiger partial charge in [0, 0.05) is 5.41 Å². The van der Waals surface area contributed by atoms with Crippen LogP contribution in [-0.2, 0) is 0 Å². The minimum atomic E-state index is -0.153. The van der Waals surface area contributed by atoms with Crippen molar-refractivity contribution >= 4 is 5.84 Å².